The van der Waals surface area contributed by atoms with Crippen LogP contribution in [0.5, 0.6) is 5.75 Å². The molecule has 1 amide bonds. The van der Waals surface area contributed by atoms with E-state index < -0.39 is 0 Å². The van der Waals surface area contributed by atoms with Crippen molar-refractivity contribution in [3.05, 3.63) is 29.8 Å². The number of hydrogen-bond donors (Lipinski definition) is 2. The molecule has 2 aliphatic carbocycles. The van der Waals surface area contributed by atoms with Crippen molar-refractivity contribution in [2.45, 2.75) is 38.1 Å². The molecule has 1 aromatic rings. The minimum atomic E-state index is -0.139. The first-order valence-corrected chi connectivity index (χ1v) is 6.81. The molecule has 1 aromatic carbocycles. The van der Waals surface area contributed by atoms with E-state index in [1.165, 1.54) is 19.3 Å². The van der Waals surface area contributed by atoms with E-state index in [0.29, 0.717) is 11.6 Å². The van der Waals surface area contributed by atoms with Crippen molar-refractivity contribution in [1.29, 1.82) is 0 Å². The molecule has 2 saturated carbocycles. The Labute approximate surface area is 107 Å². The molecule has 0 aliphatic heterocycles. The van der Waals surface area contributed by atoms with E-state index >= 15 is 0 Å². The molecule has 0 radical (unpaired) electrons. The largest absolute Gasteiger partial charge is 0.507 e. The molecule has 96 valence electrons. The highest BCUT2D eigenvalue weighted by molar-refractivity contribution is 5.96. The first-order valence-electron chi connectivity index (χ1n) is 6.81. The summed E-state index contributed by atoms with van der Waals surface area (Å²) in [5.41, 5.74) is 0.385. The highest BCUT2D eigenvalue weighted by Crippen LogP contribution is 2.41. The highest BCUT2D eigenvalue weighted by Gasteiger charge is 2.34. The first-order chi connectivity index (χ1) is 8.72. The van der Waals surface area contributed by atoms with Gasteiger partial charge in [0.05, 0.1) is 5.56 Å². The van der Waals surface area contributed by atoms with Gasteiger partial charge in [0.1, 0.15) is 5.75 Å². The Hall–Kier alpha value is -1.51. The number of benzene rings is 1. The predicted octanol–water partition coefficient (Wildman–Crippen LogP) is 2.70. The van der Waals surface area contributed by atoms with Gasteiger partial charge in [-0.2, -0.15) is 0 Å². The highest BCUT2D eigenvalue weighted by atomic mass is 16.3. The van der Waals surface area contributed by atoms with Gasteiger partial charge in [0.2, 0.25) is 0 Å². The number of fused-ring (bicyclic) bond motifs is 2. The topological polar surface area (TPSA) is 49.3 Å². The molecule has 3 nitrogen and oxygen atoms in total. The zero-order valence-electron chi connectivity index (χ0n) is 10.4. The fourth-order valence-corrected chi connectivity index (χ4v) is 3.55. The zero-order valence-corrected chi connectivity index (χ0v) is 10.4. The molecular weight excluding hydrogens is 226 g/mol. The molecule has 0 saturated heterocycles. The van der Waals surface area contributed by atoms with Gasteiger partial charge in [-0.1, -0.05) is 25.0 Å². The van der Waals surface area contributed by atoms with Crippen LogP contribution in [0.4, 0.5) is 0 Å². The van der Waals surface area contributed by atoms with Crippen molar-refractivity contribution in [1.82, 2.24) is 5.32 Å². The van der Waals surface area contributed by atoms with E-state index in [4.69, 9.17) is 0 Å². The van der Waals surface area contributed by atoms with Gasteiger partial charge in [-0.25, -0.2) is 0 Å². The van der Waals surface area contributed by atoms with E-state index in [0.717, 1.165) is 24.7 Å². The van der Waals surface area contributed by atoms with E-state index in [2.05, 4.69) is 5.32 Å². The second-order valence-electron chi connectivity index (χ2n) is 5.70. The number of hydrogen-bond acceptors (Lipinski definition) is 2. The standard InChI is InChI=1S/C15H19NO2/c17-14-4-2-1-3-13(14)15(18)16-12-8-10-5-6-11(7-10)9-12/h1-4,10-12,17H,5-9H2,(H,16,18). The monoisotopic (exact) mass is 245 g/mol. The van der Waals surface area contributed by atoms with Crippen molar-refractivity contribution < 1.29 is 9.90 Å². The lowest BCUT2D eigenvalue weighted by atomic mass is 9.85. The summed E-state index contributed by atoms with van der Waals surface area (Å²) in [7, 11) is 0. The van der Waals surface area contributed by atoms with E-state index in [1.54, 1.807) is 24.3 Å². The normalized spacial score (nSPS) is 30.1. The lowest BCUT2D eigenvalue weighted by molar-refractivity contribution is 0.0915. The predicted molar refractivity (Wildman–Crippen MR) is 69.4 cm³/mol. The molecule has 2 aliphatic rings. The number of phenols is 1. The Morgan fingerprint density at radius 1 is 1.11 bits per heavy atom. The molecule has 0 heterocycles. The van der Waals surface area contributed by atoms with Crippen molar-refractivity contribution in [2.24, 2.45) is 11.8 Å². The van der Waals surface area contributed by atoms with Gasteiger partial charge >= 0.3 is 0 Å². The van der Waals surface area contributed by atoms with Gasteiger partial charge < -0.3 is 10.4 Å². The third-order valence-electron chi connectivity index (χ3n) is 4.37. The summed E-state index contributed by atoms with van der Waals surface area (Å²) in [5, 5.41) is 12.7. The second kappa shape index (κ2) is 4.63. The molecule has 0 spiro atoms. The summed E-state index contributed by atoms with van der Waals surface area (Å²) in [6.45, 7) is 0. The third-order valence-corrected chi connectivity index (χ3v) is 4.37. The smallest absolute Gasteiger partial charge is 0.255 e. The van der Waals surface area contributed by atoms with Gasteiger partial charge in [-0.05, 0) is 43.2 Å². The van der Waals surface area contributed by atoms with E-state index in [9.17, 15) is 9.90 Å². The van der Waals surface area contributed by atoms with Gasteiger partial charge in [-0.3, -0.25) is 4.79 Å². The minimum Gasteiger partial charge on any atom is -0.507 e. The fourth-order valence-electron chi connectivity index (χ4n) is 3.55. The molecule has 2 atom stereocenters. The molecule has 0 aromatic heterocycles. The Morgan fingerprint density at radius 3 is 2.44 bits per heavy atom. The molecule has 2 N–H and O–H groups in total. The molecule has 2 unspecified atom stereocenters. The summed E-state index contributed by atoms with van der Waals surface area (Å²) < 4.78 is 0. The number of carbonyl (C=O) groups excluding carboxylic acids is 1. The van der Waals surface area contributed by atoms with Gasteiger partial charge in [0.15, 0.2) is 0 Å². The number of aromatic hydroxyl groups is 1. The summed E-state index contributed by atoms with van der Waals surface area (Å²) in [6, 6.07) is 7.02. The number of rotatable bonds is 2. The third kappa shape index (κ3) is 2.22. The van der Waals surface area contributed by atoms with Crippen LogP contribution in [0.15, 0.2) is 24.3 Å². The van der Waals surface area contributed by atoms with Crippen LogP contribution < -0.4 is 5.32 Å². The quantitative estimate of drug-likeness (QED) is 0.841. The van der Waals surface area contributed by atoms with Crippen LogP contribution in [0.3, 0.4) is 0 Å². The summed E-state index contributed by atoms with van der Waals surface area (Å²) in [4.78, 5) is 12.1. The van der Waals surface area contributed by atoms with Gasteiger partial charge in [0, 0.05) is 6.04 Å². The number of para-hydroxylation sites is 1. The van der Waals surface area contributed by atoms with E-state index in [-0.39, 0.29) is 11.7 Å². The van der Waals surface area contributed by atoms with Crippen LogP contribution in [-0.4, -0.2) is 17.1 Å². The summed E-state index contributed by atoms with van der Waals surface area (Å²) in [5.74, 6) is 1.53. The average Bonchev–Trinajstić information content (AvgIpc) is 2.69. The van der Waals surface area contributed by atoms with Crippen LogP contribution in [0.25, 0.3) is 0 Å². The second-order valence-corrected chi connectivity index (χ2v) is 5.70. The summed E-state index contributed by atoms with van der Waals surface area (Å²) in [6.07, 6.45) is 6.22. The lowest BCUT2D eigenvalue weighted by Crippen LogP contribution is -2.38. The molecule has 18 heavy (non-hydrogen) atoms. The van der Waals surface area contributed by atoms with Crippen LogP contribution in [-0.2, 0) is 0 Å². The lowest BCUT2D eigenvalue weighted by Gasteiger charge is -2.28. The number of phenolic OH excluding ortho intramolecular Hbond substituents is 1. The van der Waals surface area contributed by atoms with Crippen molar-refractivity contribution in [2.75, 3.05) is 0 Å². The fraction of sp³-hybridized carbons (Fsp3) is 0.533. The maximum absolute atomic E-state index is 12.1. The summed E-state index contributed by atoms with van der Waals surface area (Å²) >= 11 is 0. The Morgan fingerprint density at radius 2 is 1.78 bits per heavy atom. The first kappa shape index (κ1) is 11.6. The molecule has 2 bridgehead atoms. The van der Waals surface area contributed by atoms with Crippen LogP contribution in [0, 0.1) is 11.8 Å². The van der Waals surface area contributed by atoms with Crippen LogP contribution >= 0.6 is 0 Å². The number of amides is 1. The number of carbonyl (C=O) groups is 1. The van der Waals surface area contributed by atoms with Gasteiger partial charge in [0.25, 0.3) is 5.91 Å². The molecule has 3 rings (SSSR count). The molecule has 3 heteroatoms. The van der Waals surface area contributed by atoms with Crippen molar-refractivity contribution >= 4 is 5.91 Å². The SMILES string of the molecule is O=C(NC1CC2CCC(C2)C1)c1ccccc1O. The van der Waals surface area contributed by atoms with Crippen molar-refractivity contribution in [3.8, 4) is 5.75 Å². The average molecular weight is 245 g/mol. The van der Waals surface area contributed by atoms with Gasteiger partial charge in [-0.15, -0.1) is 0 Å². The molecule has 2 fully saturated rings. The van der Waals surface area contributed by atoms with E-state index in [1.807, 2.05) is 0 Å². The minimum absolute atomic E-state index is 0.0637. The van der Waals surface area contributed by atoms with Crippen LogP contribution in [0.2, 0.25) is 0 Å². The van der Waals surface area contributed by atoms with Crippen molar-refractivity contribution in [3.63, 3.8) is 0 Å². The van der Waals surface area contributed by atoms with Crippen LogP contribution in [0.1, 0.15) is 42.5 Å². The molecular formula is C15H19NO2. The maximum Gasteiger partial charge on any atom is 0.255 e. The maximum atomic E-state index is 12.1. The zero-order chi connectivity index (χ0) is 12.5. The Balaban J connectivity index is 1.66. The Kier molecular flexibility index (Phi) is 2.98. The Bertz CT molecular complexity index is 446. The number of nitrogens with one attached hydrogen (secondary N) is 1.